The molecule has 1 saturated heterocycles. The van der Waals surface area contributed by atoms with Crippen LogP contribution >= 0.6 is 0 Å². The third-order valence-electron chi connectivity index (χ3n) is 5.07. The maximum absolute atomic E-state index is 7.00. The van der Waals surface area contributed by atoms with Crippen LogP contribution in [0.25, 0.3) is 16.6 Å². The van der Waals surface area contributed by atoms with Crippen LogP contribution in [0.1, 0.15) is 37.1 Å². The molecule has 0 spiro atoms. The van der Waals surface area contributed by atoms with Crippen molar-refractivity contribution in [3.63, 3.8) is 0 Å². The summed E-state index contributed by atoms with van der Waals surface area (Å²) in [7, 11) is 2.63. The minimum atomic E-state index is 0. The number of methoxy groups -OCH3 is 1. The molecule has 8 nitrogen and oxygen atoms in total. The average Bonchev–Trinajstić information content (AvgIpc) is 2.81. The van der Waals surface area contributed by atoms with Crippen molar-refractivity contribution < 1.29 is 30.9 Å². The van der Waals surface area contributed by atoms with Gasteiger partial charge >= 0.3 is 0 Å². The summed E-state index contributed by atoms with van der Waals surface area (Å²) in [5.41, 5.74) is 3.68. The fraction of sp³-hybridized carbons (Fsp3) is 0.391. The molecule has 170 valence electrons. The Balaban J connectivity index is 0.00000118. The fourth-order valence-corrected chi connectivity index (χ4v) is 3.44. The number of aromatic nitrogens is 4. The van der Waals surface area contributed by atoms with Crippen LogP contribution in [0.5, 0.6) is 5.75 Å². The van der Waals surface area contributed by atoms with E-state index in [2.05, 4.69) is 22.2 Å². The molecule has 2 atom stereocenters. The van der Waals surface area contributed by atoms with Gasteiger partial charge in [-0.3, -0.25) is 9.97 Å². The minimum Gasteiger partial charge on any atom is -0.659 e. The van der Waals surface area contributed by atoms with Crippen LogP contribution in [0.3, 0.4) is 0 Å². The number of nitrogens with zero attached hydrogens (tertiary/aromatic N) is 5. The van der Waals surface area contributed by atoms with E-state index in [1.165, 1.54) is 0 Å². The second-order valence-corrected chi connectivity index (χ2v) is 7.47. The molecule has 0 saturated carbocycles. The predicted molar refractivity (Wildman–Crippen MR) is 122 cm³/mol. The number of hydrogen-bond acceptors (Lipinski definition) is 7. The van der Waals surface area contributed by atoms with E-state index in [1.54, 1.807) is 25.7 Å². The van der Waals surface area contributed by atoms with Crippen LogP contribution in [0.2, 0.25) is 0 Å². The molecule has 4 rings (SSSR count). The van der Waals surface area contributed by atoms with E-state index in [1.807, 2.05) is 31.3 Å². The maximum atomic E-state index is 7.00. The number of nitrogens with one attached hydrogen (secondary N) is 1. The molecule has 0 aliphatic carbocycles. The molecule has 3 aromatic rings. The van der Waals surface area contributed by atoms with Crippen LogP contribution in [0.4, 0.5) is 11.5 Å². The van der Waals surface area contributed by atoms with Gasteiger partial charge < -0.3 is 20.5 Å². The quantitative estimate of drug-likeness (QED) is 0.448. The van der Waals surface area contributed by atoms with E-state index in [0.29, 0.717) is 11.8 Å². The molecule has 9 heteroatoms. The molecule has 1 aliphatic rings. The number of anilines is 2. The molecule has 0 unspecified atom stereocenters. The van der Waals surface area contributed by atoms with E-state index < -0.39 is 0 Å². The Hall–Kier alpha value is -2.41. The van der Waals surface area contributed by atoms with Crippen LogP contribution in [0, 0.1) is 6.92 Å². The van der Waals surface area contributed by atoms with Crippen LogP contribution < -0.4 is 10.1 Å². The third-order valence-corrected chi connectivity index (χ3v) is 5.07. The zero-order chi connectivity index (χ0) is 22.2. The van der Waals surface area contributed by atoms with Crippen molar-refractivity contribution in [2.45, 2.75) is 38.6 Å². The smallest absolute Gasteiger partial charge is 0.137 e. The van der Waals surface area contributed by atoms with Crippen molar-refractivity contribution in [1.82, 2.24) is 19.9 Å². The van der Waals surface area contributed by atoms with Gasteiger partial charge in [0.05, 0.1) is 30.9 Å². The fourth-order valence-electron chi connectivity index (χ4n) is 3.44. The number of piperidine rings is 1. The molecule has 2 N–H and O–H groups in total. The summed E-state index contributed by atoms with van der Waals surface area (Å²) in [6.45, 7) is 4.93. The van der Waals surface area contributed by atoms with Crippen LogP contribution in [0.15, 0.2) is 43.0 Å². The Morgan fingerprint density at radius 2 is 1.81 bits per heavy atom. The minimum absolute atomic E-state index is 0. The number of aryl methyl sites for hydroxylation is 1. The van der Waals surface area contributed by atoms with Gasteiger partial charge in [-0.15, -0.1) is 12.6 Å². The van der Waals surface area contributed by atoms with Crippen LogP contribution in [-0.4, -0.2) is 51.8 Å². The Kier molecular flexibility index (Phi) is 10.2. The number of aliphatic hydroxyl groups excluding tert-OH is 1. The third kappa shape index (κ3) is 6.79. The van der Waals surface area contributed by atoms with Gasteiger partial charge in [0.15, 0.2) is 0 Å². The molecular weight excluding hydrogens is 576 g/mol. The zero-order valence-electron chi connectivity index (χ0n) is 18.8. The normalized spacial score (nSPS) is 17.4. The van der Waals surface area contributed by atoms with Gasteiger partial charge in [0, 0.05) is 58.1 Å². The molecule has 32 heavy (non-hydrogen) atoms. The molecule has 0 bridgehead atoms. The first kappa shape index (κ1) is 25.8. The monoisotopic (exact) mass is 605 g/mol. The van der Waals surface area contributed by atoms with Gasteiger partial charge in [0.25, 0.3) is 0 Å². The second kappa shape index (κ2) is 12.6. The van der Waals surface area contributed by atoms with E-state index in [-0.39, 0.29) is 27.0 Å². The summed E-state index contributed by atoms with van der Waals surface area (Å²) < 4.78 is 5.33. The molecule has 3 aromatic heterocycles. The molecular formula is C23H29N6O2W-. The molecule has 1 aliphatic heterocycles. The average molecular weight is 605 g/mol. The van der Waals surface area contributed by atoms with E-state index in [9.17, 15) is 0 Å². The van der Waals surface area contributed by atoms with Gasteiger partial charge in [0.1, 0.15) is 17.4 Å². The summed E-state index contributed by atoms with van der Waals surface area (Å²) in [5, 5.41) is 15.1. The van der Waals surface area contributed by atoms with Gasteiger partial charge in [0.2, 0.25) is 0 Å². The van der Waals surface area contributed by atoms with Crippen molar-refractivity contribution in [3.8, 4) is 17.0 Å². The number of rotatable bonds is 5. The SMILES string of the molecule is CO.COc1cncc(-c2cc(Nc3cncc(C)c3)nc([C@H]3CC[C@H](C)[N-]C3)n2)c1.[W]. The number of hydrogen-bond donors (Lipinski definition) is 2. The van der Waals surface area contributed by atoms with Gasteiger partial charge in [-0.05, 0) is 31.0 Å². The zero-order valence-corrected chi connectivity index (χ0v) is 21.8. The second-order valence-electron chi connectivity index (χ2n) is 7.47. The van der Waals surface area contributed by atoms with Crippen molar-refractivity contribution in [1.29, 1.82) is 0 Å². The van der Waals surface area contributed by atoms with E-state index >= 15 is 0 Å². The molecule has 4 heterocycles. The Morgan fingerprint density at radius 1 is 1.03 bits per heavy atom. The Bertz CT molecular complexity index is 996. The summed E-state index contributed by atoms with van der Waals surface area (Å²) >= 11 is 0. The molecule has 0 radical (unpaired) electrons. The molecule has 0 aromatic carbocycles. The van der Waals surface area contributed by atoms with Gasteiger partial charge in [-0.1, -0.05) is 13.3 Å². The summed E-state index contributed by atoms with van der Waals surface area (Å²) in [6.07, 6.45) is 9.19. The summed E-state index contributed by atoms with van der Waals surface area (Å²) in [6, 6.07) is 6.32. The van der Waals surface area contributed by atoms with Crippen molar-refractivity contribution in [2.75, 3.05) is 26.1 Å². The van der Waals surface area contributed by atoms with E-state index in [4.69, 9.17) is 25.1 Å². The van der Waals surface area contributed by atoms with Crippen molar-refractivity contribution in [2.24, 2.45) is 0 Å². The standard InChI is InChI=1S/C22H25N6O.CH4O.W/c1-14-6-18(12-23-9-14)26-21-8-20(17-7-19(29-3)13-24-10-17)27-22(28-21)16-5-4-15(2)25-11-16;1-2;/h6-10,12-13,15-16H,4-5,11H2,1-3H3,(H,26,27,28);2H,1H3;/q-1;;/t15-,16-;;/m0../s1. The first-order chi connectivity index (χ1) is 15.1. The van der Waals surface area contributed by atoms with Gasteiger partial charge in [-0.2, -0.15) is 0 Å². The van der Waals surface area contributed by atoms with Gasteiger partial charge in [-0.25, -0.2) is 9.97 Å². The Labute approximate surface area is 203 Å². The maximum Gasteiger partial charge on any atom is 0.137 e. The van der Waals surface area contributed by atoms with E-state index in [0.717, 1.165) is 60.6 Å². The first-order valence-electron chi connectivity index (χ1n) is 10.3. The molecule has 1 fully saturated rings. The topological polar surface area (TPSA) is 107 Å². The van der Waals surface area contributed by atoms with Crippen LogP contribution in [-0.2, 0) is 21.1 Å². The molecule has 0 amide bonds. The summed E-state index contributed by atoms with van der Waals surface area (Å²) in [5.74, 6) is 2.46. The summed E-state index contributed by atoms with van der Waals surface area (Å²) in [4.78, 5) is 18.2. The number of aliphatic hydroxyl groups is 1. The number of pyridine rings is 2. The predicted octanol–water partition coefficient (Wildman–Crippen LogP) is 4.24. The number of ether oxygens (including phenoxy) is 1. The largest absolute Gasteiger partial charge is 0.659 e. The first-order valence-corrected chi connectivity index (χ1v) is 10.3. The Morgan fingerprint density at radius 3 is 2.50 bits per heavy atom. The van der Waals surface area contributed by atoms with Crippen molar-refractivity contribution >= 4 is 11.5 Å². The van der Waals surface area contributed by atoms with Crippen molar-refractivity contribution in [3.05, 3.63) is 59.7 Å².